The van der Waals surface area contributed by atoms with Crippen LogP contribution in [0.4, 0.5) is 0 Å². The first-order valence-electron chi connectivity index (χ1n) is 2.69. The van der Waals surface area contributed by atoms with Gasteiger partial charge in [-0.25, -0.2) is 0 Å². The molecule has 2 heteroatoms. The molecule has 0 amide bonds. The molecule has 0 aromatic carbocycles. The molecule has 1 rings (SSSR count). The second-order valence-corrected chi connectivity index (χ2v) is 5.28. The van der Waals surface area contributed by atoms with E-state index >= 15 is 0 Å². The van der Waals surface area contributed by atoms with Gasteiger partial charge in [-0.1, -0.05) is 44.9 Å². The number of allylic oxidation sites excluding steroid dienone is 2. The summed E-state index contributed by atoms with van der Waals surface area (Å²) < 4.78 is 0.422. The minimum Gasteiger partial charge on any atom is -0.0802 e. The van der Waals surface area contributed by atoms with Crippen LogP contribution < -0.4 is 0 Å². The molecule has 1 atom stereocenters. The van der Waals surface area contributed by atoms with E-state index < -0.39 is 0 Å². The molecule has 0 aromatic rings. The Morgan fingerprint density at radius 2 is 2.25 bits per heavy atom. The summed E-state index contributed by atoms with van der Waals surface area (Å²) in [4.78, 5) is 0. The van der Waals surface area contributed by atoms with Crippen LogP contribution in [0.5, 0.6) is 0 Å². The Morgan fingerprint density at radius 3 is 2.38 bits per heavy atom. The average Bonchev–Trinajstić information content (AvgIpc) is 1.57. The van der Waals surface area contributed by atoms with E-state index in [0.29, 0.717) is 3.74 Å². The molecular weight excluding hydrogens is 232 g/mol. The number of halogens is 2. The lowest BCUT2D eigenvalue weighted by Gasteiger charge is -2.22. The van der Waals surface area contributed by atoms with Gasteiger partial charge in [-0.05, 0) is 17.9 Å². The number of hydrogen-bond donors (Lipinski definition) is 0. The van der Waals surface area contributed by atoms with E-state index in [0.717, 1.165) is 5.92 Å². The zero-order valence-electron chi connectivity index (χ0n) is 4.70. The summed E-state index contributed by atoms with van der Waals surface area (Å²) in [5.41, 5.74) is 1.48. The minimum absolute atomic E-state index is 0.422. The first-order chi connectivity index (χ1) is 3.70. The van der Waals surface area contributed by atoms with Gasteiger partial charge in [0.15, 0.2) is 0 Å². The standard InChI is InChI=1S/C6H8Br2/c1-4-2-5(3-4)6(7)8/h2,4,6H,3H2,1H3. The monoisotopic (exact) mass is 238 g/mol. The molecule has 0 N–H and O–H groups in total. The molecule has 0 saturated heterocycles. The van der Waals surface area contributed by atoms with Gasteiger partial charge in [0.25, 0.3) is 0 Å². The third-order valence-electron chi connectivity index (χ3n) is 1.34. The fraction of sp³-hybridized carbons (Fsp3) is 0.667. The lowest BCUT2D eigenvalue weighted by molar-refractivity contribution is 0.638. The molecule has 0 aliphatic heterocycles. The van der Waals surface area contributed by atoms with E-state index in [-0.39, 0.29) is 0 Å². The van der Waals surface area contributed by atoms with E-state index in [4.69, 9.17) is 0 Å². The average molecular weight is 240 g/mol. The van der Waals surface area contributed by atoms with Crippen LogP contribution in [0.2, 0.25) is 0 Å². The largest absolute Gasteiger partial charge is 0.0906 e. The third-order valence-corrected chi connectivity index (χ3v) is 2.51. The van der Waals surface area contributed by atoms with Crippen molar-refractivity contribution >= 4 is 31.9 Å². The molecule has 0 heterocycles. The van der Waals surface area contributed by atoms with Gasteiger partial charge in [0, 0.05) is 0 Å². The first kappa shape index (κ1) is 6.81. The molecular formula is C6H8Br2. The number of hydrogen-bond acceptors (Lipinski definition) is 0. The van der Waals surface area contributed by atoms with Crippen molar-refractivity contribution in [3.8, 4) is 0 Å². The Kier molecular flexibility index (Phi) is 2.15. The normalized spacial score (nSPS) is 27.5. The first-order valence-corrected chi connectivity index (χ1v) is 4.52. The van der Waals surface area contributed by atoms with Crippen molar-refractivity contribution in [2.45, 2.75) is 17.1 Å². The number of rotatable bonds is 1. The van der Waals surface area contributed by atoms with Crippen LogP contribution in [0, 0.1) is 5.92 Å². The lowest BCUT2D eigenvalue weighted by Crippen LogP contribution is -2.10. The Bertz CT molecular complexity index is 116. The molecule has 0 bridgehead atoms. The van der Waals surface area contributed by atoms with Gasteiger partial charge >= 0.3 is 0 Å². The van der Waals surface area contributed by atoms with Gasteiger partial charge in [0.2, 0.25) is 0 Å². The van der Waals surface area contributed by atoms with Crippen molar-refractivity contribution in [3.05, 3.63) is 11.6 Å². The SMILES string of the molecule is CC1C=C(C(Br)Br)C1. The van der Waals surface area contributed by atoms with Gasteiger partial charge < -0.3 is 0 Å². The van der Waals surface area contributed by atoms with Gasteiger partial charge in [-0.3, -0.25) is 0 Å². The molecule has 0 radical (unpaired) electrons. The van der Waals surface area contributed by atoms with Crippen LogP contribution in [0.3, 0.4) is 0 Å². The highest BCUT2D eigenvalue weighted by Crippen LogP contribution is 2.33. The molecule has 0 fully saturated rings. The highest BCUT2D eigenvalue weighted by molar-refractivity contribution is 9.24. The lowest BCUT2D eigenvalue weighted by atomic mass is 9.90. The van der Waals surface area contributed by atoms with Crippen molar-refractivity contribution in [2.24, 2.45) is 5.92 Å². The summed E-state index contributed by atoms with van der Waals surface area (Å²) in [5.74, 6) is 0.808. The van der Waals surface area contributed by atoms with Crippen molar-refractivity contribution < 1.29 is 0 Å². The Labute approximate surface area is 66.6 Å². The Balaban J connectivity index is 2.42. The minimum atomic E-state index is 0.422. The van der Waals surface area contributed by atoms with Crippen LogP contribution in [-0.2, 0) is 0 Å². The Morgan fingerprint density at radius 1 is 1.75 bits per heavy atom. The van der Waals surface area contributed by atoms with Gasteiger partial charge in [-0.15, -0.1) is 0 Å². The highest BCUT2D eigenvalue weighted by atomic mass is 79.9. The van der Waals surface area contributed by atoms with E-state index in [1.165, 1.54) is 12.0 Å². The molecule has 8 heavy (non-hydrogen) atoms. The smallest absolute Gasteiger partial charge is 0.0802 e. The molecule has 0 saturated carbocycles. The number of alkyl halides is 2. The van der Waals surface area contributed by atoms with Crippen LogP contribution in [0.25, 0.3) is 0 Å². The van der Waals surface area contributed by atoms with Crippen molar-refractivity contribution in [1.82, 2.24) is 0 Å². The highest BCUT2D eigenvalue weighted by Gasteiger charge is 2.17. The van der Waals surface area contributed by atoms with Crippen LogP contribution >= 0.6 is 31.9 Å². The summed E-state index contributed by atoms with van der Waals surface area (Å²) in [7, 11) is 0. The predicted octanol–water partition coefficient (Wildman–Crippen LogP) is 3.07. The molecule has 0 spiro atoms. The summed E-state index contributed by atoms with van der Waals surface area (Å²) in [6.45, 7) is 2.23. The summed E-state index contributed by atoms with van der Waals surface area (Å²) in [5, 5.41) is 0. The Hall–Kier alpha value is 0.700. The molecule has 0 nitrogen and oxygen atoms in total. The van der Waals surface area contributed by atoms with E-state index in [2.05, 4.69) is 44.9 Å². The van der Waals surface area contributed by atoms with Gasteiger partial charge in [0.05, 0.1) is 3.74 Å². The van der Waals surface area contributed by atoms with Crippen molar-refractivity contribution in [2.75, 3.05) is 0 Å². The second kappa shape index (κ2) is 2.53. The fourth-order valence-electron chi connectivity index (χ4n) is 0.866. The molecule has 1 aliphatic rings. The maximum atomic E-state index is 3.43. The zero-order chi connectivity index (χ0) is 6.15. The molecule has 1 aliphatic carbocycles. The van der Waals surface area contributed by atoms with Crippen LogP contribution in [-0.4, -0.2) is 3.74 Å². The molecule has 1 unspecified atom stereocenters. The maximum Gasteiger partial charge on any atom is 0.0906 e. The third kappa shape index (κ3) is 1.35. The van der Waals surface area contributed by atoms with Gasteiger partial charge in [0.1, 0.15) is 0 Å². The van der Waals surface area contributed by atoms with Crippen LogP contribution in [0.1, 0.15) is 13.3 Å². The van der Waals surface area contributed by atoms with Crippen molar-refractivity contribution in [3.63, 3.8) is 0 Å². The summed E-state index contributed by atoms with van der Waals surface area (Å²) in [6.07, 6.45) is 3.54. The van der Waals surface area contributed by atoms with E-state index in [9.17, 15) is 0 Å². The second-order valence-electron chi connectivity index (χ2n) is 2.22. The van der Waals surface area contributed by atoms with Crippen LogP contribution in [0.15, 0.2) is 11.6 Å². The quantitative estimate of drug-likeness (QED) is 0.488. The molecule has 0 aromatic heterocycles. The van der Waals surface area contributed by atoms with E-state index in [1.807, 2.05) is 0 Å². The summed E-state index contributed by atoms with van der Waals surface area (Å²) in [6, 6.07) is 0. The fourth-order valence-corrected chi connectivity index (χ4v) is 1.54. The van der Waals surface area contributed by atoms with Crippen molar-refractivity contribution in [1.29, 1.82) is 0 Å². The van der Waals surface area contributed by atoms with E-state index in [1.54, 1.807) is 0 Å². The topological polar surface area (TPSA) is 0 Å². The molecule has 46 valence electrons. The maximum absolute atomic E-state index is 3.43. The van der Waals surface area contributed by atoms with Gasteiger partial charge in [-0.2, -0.15) is 0 Å². The predicted molar refractivity (Wildman–Crippen MR) is 43.5 cm³/mol. The summed E-state index contributed by atoms with van der Waals surface area (Å²) >= 11 is 6.85. The zero-order valence-corrected chi connectivity index (χ0v) is 7.87.